The van der Waals surface area contributed by atoms with Crippen LogP contribution in [-0.4, -0.2) is 19.5 Å². The van der Waals surface area contributed by atoms with Crippen molar-refractivity contribution in [1.82, 2.24) is 4.57 Å². The third-order valence-electron chi connectivity index (χ3n) is 5.93. The molecule has 5 rings (SSSR count). The zero-order valence-corrected chi connectivity index (χ0v) is 17.5. The van der Waals surface area contributed by atoms with E-state index >= 15 is 0 Å². The molecule has 0 saturated carbocycles. The van der Waals surface area contributed by atoms with Crippen LogP contribution in [0.1, 0.15) is 22.6 Å². The number of halogens is 1. The van der Waals surface area contributed by atoms with Gasteiger partial charge in [-0.2, -0.15) is 0 Å². The quantitative estimate of drug-likeness (QED) is 0.470. The van der Waals surface area contributed by atoms with E-state index in [0.29, 0.717) is 5.82 Å². The molecule has 0 radical (unpaired) electrons. The lowest BCUT2D eigenvalue weighted by Crippen LogP contribution is -2.31. The molecule has 0 bridgehead atoms. The van der Waals surface area contributed by atoms with Gasteiger partial charge < -0.3 is 4.57 Å². The summed E-state index contributed by atoms with van der Waals surface area (Å²) < 4.78 is 44.2. The molecule has 4 nitrogen and oxygen atoms in total. The predicted octanol–water partition coefficient (Wildman–Crippen LogP) is 4.97. The number of benzene rings is 3. The van der Waals surface area contributed by atoms with Crippen molar-refractivity contribution in [2.75, 3.05) is 10.8 Å². The number of hydrogen-bond donors (Lipinski definition) is 0. The minimum atomic E-state index is -3.75. The van der Waals surface area contributed by atoms with Crippen LogP contribution >= 0.6 is 0 Å². The lowest BCUT2D eigenvalue weighted by atomic mass is 9.93. The van der Waals surface area contributed by atoms with Gasteiger partial charge in [0, 0.05) is 36.0 Å². The summed E-state index contributed by atoms with van der Waals surface area (Å²) in [6.45, 7) is 2.21. The van der Waals surface area contributed by atoms with Crippen LogP contribution in [0.3, 0.4) is 0 Å². The fourth-order valence-corrected chi connectivity index (χ4v) is 5.94. The number of hydrogen-bond acceptors (Lipinski definition) is 2. The van der Waals surface area contributed by atoms with Crippen LogP contribution in [0.15, 0.2) is 77.7 Å². The second-order valence-electron chi connectivity index (χ2n) is 7.77. The molecule has 0 N–H and O–H groups in total. The zero-order chi connectivity index (χ0) is 21.0. The van der Waals surface area contributed by atoms with Crippen molar-refractivity contribution in [3.8, 4) is 0 Å². The minimum Gasteiger partial charge on any atom is -0.330 e. The molecule has 152 valence electrons. The molecule has 4 aromatic rings. The fraction of sp³-hybridized carbons (Fsp3) is 0.167. The number of fused-ring (bicyclic) bond motifs is 3. The third kappa shape index (κ3) is 2.75. The number of sulfonamides is 1. The summed E-state index contributed by atoms with van der Waals surface area (Å²) in [7, 11) is -1.85. The first-order valence-electron chi connectivity index (χ1n) is 9.80. The van der Waals surface area contributed by atoms with Crippen LogP contribution in [-0.2, 0) is 17.1 Å². The summed E-state index contributed by atoms with van der Waals surface area (Å²) in [5.74, 6) is 0.192. The molecule has 0 saturated heterocycles. The Hall–Kier alpha value is -3.12. The Kier molecular flexibility index (Phi) is 4.22. The fourth-order valence-electron chi connectivity index (χ4n) is 4.41. The summed E-state index contributed by atoms with van der Waals surface area (Å²) in [6.07, 6.45) is 0. The van der Waals surface area contributed by atoms with E-state index < -0.39 is 10.0 Å². The van der Waals surface area contributed by atoms with Crippen molar-refractivity contribution in [2.45, 2.75) is 17.7 Å². The lowest BCUT2D eigenvalue weighted by molar-refractivity contribution is 0.590. The van der Waals surface area contributed by atoms with E-state index in [4.69, 9.17) is 0 Å². The number of anilines is 1. The largest absolute Gasteiger partial charge is 0.330 e. The highest BCUT2D eigenvalue weighted by Crippen LogP contribution is 2.47. The van der Waals surface area contributed by atoms with E-state index in [9.17, 15) is 12.8 Å². The molecule has 1 aliphatic rings. The Morgan fingerprint density at radius 1 is 0.933 bits per heavy atom. The first kappa shape index (κ1) is 18.9. The smallest absolute Gasteiger partial charge is 0.265 e. The van der Waals surface area contributed by atoms with Crippen LogP contribution in [0.2, 0.25) is 0 Å². The Morgan fingerprint density at radius 2 is 1.60 bits per heavy atom. The number of nitrogens with zero attached hydrogens (tertiary/aromatic N) is 2. The SMILES string of the molecule is Cc1ccc(S(=O)(=O)N2CC(c3ccc(F)cc3)c3c2n(C)c2ccccc32)cc1. The van der Waals surface area contributed by atoms with Crippen LogP contribution in [0.25, 0.3) is 10.9 Å². The number of para-hydroxylation sites is 1. The Morgan fingerprint density at radius 3 is 2.30 bits per heavy atom. The van der Waals surface area contributed by atoms with E-state index in [1.165, 1.54) is 16.4 Å². The molecule has 2 heterocycles. The van der Waals surface area contributed by atoms with Crippen molar-refractivity contribution in [3.63, 3.8) is 0 Å². The third-order valence-corrected chi connectivity index (χ3v) is 7.70. The van der Waals surface area contributed by atoms with Gasteiger partial charge in [-0.3, -0.25) is 4.31 Å². The molecule has 6 heteroatoms. The van der Waals surface area contributed by atoms with Gasteiger partial charge >= 0.3 is 0 Å². The van der Waals surface area contributed by atoms with Crippen LogP contribution in [0, 0.1) is 12.7 Å². The van der Waals surface area contributed by atoms with Crippen molar-refractivity contribution in [1.29, 1.82) is 0 Å². The van der Waals surface area contributed by atoms with Crippen molar-refractivity contribution < 1.29 is 12.8 Å². The molecule has 1 aromatic heterocycles. The first-order valence-corrected chi connectivity index (χ1v) is 11.2. The van der Waals surface area contributed by atoms with E-state index in [-0.39, 0.29) is 23.2 Å². The molecule has 1 atom stereocenters. The van der Waals surface area contributed by atoms with Gasteiger partial charge in [-0.1, -0.05) is 48.0 Å². The summed E-state index contributed by atoms with van der Waals surface area (Å²) >= 11 is 0. The normalized spacial score (nSPS) is 16.2. The van der Waals surface area contributed by atoms with Crippen molar-refractivity contribution in [2.24, 2.45) is 7.05 Å². The van der Waals surface area contributed by atoms with Gasteiger partial charge in [-0.25, -0.2) is 12.8 Å². The first-order chi connectivity index (χ1) is 14.4. The molecule has 3 aromatic carbocycles. The molecule has 1 aliphatic heterocycles. The van der Waals surface area contributed by atoms with Gasteiger partial charge in [-0.15, -0.1) is 0 Å². The second-order valence-corrected chi connectivity index (χ2v) is 9.63. The van der Waals surface area contributed by atoms with E-state index in [1.54, 1.807) is 24.3 Å². The summed E-state index contributed by atoms with van der Waals surface area (Å²) in [5.41, 5.74) is 3.84. The Balaban J connectivity index is 1.74. The van der Waals surface area contributed by atoms with Gasteiger partial charge in [0.05, 0.1) is 4.90 Å². The Bertz CT molecular complexity index is 1360. The van der Waals surface area contributed by atoms with Crippen molar-refractivity contribution >= 4 is 26.7 Å². The lowest BCUT2D eigenvalue weighted by Gasteiger charge is -2.22. The topological polar surface area (TPSA) is 42.3 Å². The summed E-state index contributed by atoms with van der Waals surface area (Å²) in [6, 6.07) is 21.2. The molecule has 0 fully saturated rings. The molecule has 0 amide bonds. The van der Waals surface area contributed by atoms with Gasteiger partial charge in [0.25, 0.3) is 10.0 Å². The highest BCUT2D eigenvalue weighted by atomic mass is 32.2. The van der Waals surface area contributed by atoms with Gasteiger partial charge in [0.15, 0.2) is 0 Å². The molecule has 1 unspecified atom stereocenters. The summed E-state index contributed by atoms with van der Waals surface area (Å²) in [5, 5.41) is 1.02. The molecular formula is C24H21FN2O2S. The van der Waals surface area contributed by atoms with E-state index in [1.807, 2.05) is 54.9 Å². The maximum absolute atomic E-state index is 13.6. The Labute approximate surface area is 175 Å². The van der Waals surface area contributed by atoms with Gasteiger partial charge in [-0.05, 0) is 42.8 Å². The van der Waals surface area contributed by atoms with Crippen LogP contribution in [0.5, 0.6) is 0 Å². The standard InChI is InChI=1S/C24H21FN2O2S/c1-16-7-13-19(14-8-16)30(28,29)27-15-21(17-9-11-18(25)12-10-17)23-20-5-3-4-6-22(20)26(2)24(23)27/h3-14,21H,15H2,1-2H3. The molecular weight excluding hydrogens is 399 g/mol. The molecule has 30 heavy (non-hydrogen) atoms. The monoisotopic (exact) mass is 420 g/mol. The van der Waals surface area contributed by atoms with Crippen molar-refractivity contribution in [3.05, 3.63) is 95.3 Å². The second kappa shape index (κ2) is 6.71. The maximum atomic E-state index is 13.6. The van der Waals surface area contributed by atoms with E-state index in [2.05, 4.69) is 0 Å². The highest BCUT2D eigenvalue weighted by Gasteiger charge is 2.41. The molecule has 0 spiro atoms. The number of rotatable bonds is 3. The van der Waals surface area contributed by atoms with Gasteiger partial charge in [0.1, 0.15) is 11.6 Å². The van der Waals surface area contributed by atoms with Gasteiger partial charge in [0.2, 0.25) is 0 Å². The minimum absolute atomic E-state index is 0.174. The predicted molar refractivity (Wildman–Crippen MR) is 117 cm³/mol. The molecule has 0 aliphatic carbocycles. The van der Waals surface area contributed by atoms with Crippen LogP contribution < -0.4 is 4.31 Å². The number of aromatic nitrogens is 1. The maximum Gasteiger partial charge on any atom is 0.265 e. The highest BCUT2D eigenvalue weighted by molar-refractivity contribution is 7.92. The average Bonchev–Trinajstić information content (AvgIpc) is 3.27. The van der Waals surface area contributed by atoms with E-state index in [0.717, 1.165) is 27.6 Å². The average molecular weight is 421 g/mol. The number of aryl methyl sites for hydroxylation is 2. The zero-order valence-electron chi connectivity index (χ0n) is 16.7. The van der Waals surface area contributed by atoms with Crippen LogP contribution in [0.4, 0.5) is 10.2 Å². The summed E-state index contributed by atoms with van der Waals surface area (Å²) in [4.78, 5) is 0.268.